The van der Waals surface area contributed by atoms with Crippen LogP contribution in [0.5, 0.6) is 5.75 Å². The number of anilines is 2. The molecular formula is C27H23Cl2N5O3. The molecule has 10 heteroatoms. The molecule has 1 aliphatic heterocycles. The van der Waals surface area contributed by atoms with Gasteiger partial charge in [0, 0.05) is 36.8 Å². The highest BCUT2D eigenvalue weighted by atomic mass is 35.5. The van der Waals surface area contributed by atoms with Gasteiger partial charge in [-0.3, -0.25) is 19.4 Å². The maximum atomic E-state index is 13.6. The van der Waals surface area contributed by atoms with E-state index in [0.29, 0.717) is 33.3 Å². The number of hydrogen-bond acceptors (Lipinski definition) is 5. The molecule has 1 atom stereocenters. The first kappa shape index (κ1) is 23.8. The molecule has 2 aromatic carbocycles. The van der Waals surface area contributed by atoms with Gasteiger partial charge in [-0.05, 0) is 55.7 Å². The van der Waals surface area contributed by atoms with Crippen molar-refractivity contribution in [3.63, 3.8) is 0 Å². The second-order valence-corrected chi connectivity index (χ2v) is 10.2. The number of hydrogen-bond donors (Lipinski definition) is 0. The number of pyridine rings is 1. The molecule has 0 unspecified atom stereocenters. The lowest BCUT2D eigenvalue weighted by Gasteiger charge is -2.40. The number of halogens is 2. The molecule has 4 aromatic rings. The van der Waals surface area contributed by atoms with Crippen molar-refractivity contribution in [1.82, 2.24) is 14.8 Å². The lowest BCUT2D eigenvalue weighted by molar-refractivity contribution is -0.117. The van der Waals surface area contributed by atoms with Crippen LogP contribution in [0, 0.1) is 0 Å². The number of ether oxygens (including phenoxy) is 1. The monoisotopic (exact) mass is 535 g/mol. The second kappa shape index (κ2) is 9.04. The summed E-state index contributed by atoms with van der Waals surface area (Å²) < 4.78 is 7.83. The quantitative estimate of drug-likeness (QED) is 0.299. The van der Waals surface area contributed by atoms with Gasteiger partial charge in [0.05, 0.1) is 39.7 Å². The molecule has 0 N–H and O–H groups in total. The topological polar surface area (TPSA) is 80.6 Å². The van der Waals surface area contributed by atoms with Crippen LogP contribution in [0.4, 0.5) is 16.2 Å². The number of amides is 2. The van der Waals surface area contributed by atoms with Crippen molar-refractivity contribution in [2.24, 2.45) is 0 Å². The summed E-state index contributed by atoms with van der Waals surface area (Å²) in [4.78, 5) is 33.8. The Morgan fingerprint density at radius 2 is 1.86 bits per heavy atom. The lowest BCUT2D eigenvalue weighted by atomic mass is 10.0. The summed E-state index contributed by atoms with van der Waals surface area (Å²) in [5, 5.41) is 5.72. The van der Waals surface area contributed by atoms with Gasteiger partial charge in [-0.15, -0.1) is 0 Å². The van der Waals surface area contributed by atoms with E-state index in [1.165, 1.54) is 17.9 Å². The average molecular weight is 536 g/mol. The van der Waals surface area contributed by atoms with Crippen molar-refractivity contribution in [2.45, 2.75) is 38.8 Å². The van der Waals surface area contributed by atoms with Gasteiger partial charge >= 0.3 is 6.09 Å². The van der Waals surface area contributed by atoms with E-state index in [9.17, 15) is 9.59 Å². The van der Waals surface area contributed by atoms with Crippen molar-refractivity contribution in [3.05, 3.63) is 65.0 Å². The van der Waals surface area contributed by atoms with Gasteiger partial charge in [-0.1, -0.05) is 29.3 Å². The predicted molar refractivity (Wildman–Crippen MR) is 144 cm³/mol. The molecule has 0 bridgehead atoms. The van der Waals surface area contributed by atoms with Crippen LogP contribution in [-0.2, 0) is 4.79 Å². The van der Waals surface area contributed by atoms with E-state index in [-0.39, 0.29) is 29.3 Å². The van der Waals surface area contributed by atoms with Crippen LogP contribution in [0.2, 0.25) is 10.0 Å². The van der Waals surface area contributed by atoms with Gasteiger partial charge in [-0.2, -0.15) is 5.10 Å². The zero-order chi connectivity index (χ0) is 25.8. The molecule has 2 amide bonds. The molecule has 1 saturated carbocycles. The zero-order valence-electron chi connectivity index (χ0n) is 20.2. The maximum Gasteiger partial charge on any atom is 0.420 e. The molecule has 188 valence electrons. The number of carbonyl (C=O) groups excluding carboxylic acids is 2. The van der Waals surface area contributed by atoms with E-state index in [4.69, 9.17) is 27.9 Å². The van der Waals surface area contributed by atoms with Crippen LogP contribution < -0.4 is 14.5 Å². The van der Waals surface area contributed by atoms with Gasteiger partial charge in [0.1, 0.15) is 5.52 Å². The van der Waals surface area contributed by atoms with Gasteiger partial charge in [0.15, 0.2) is 5.75 Å². The molecule has 2 aliphatic rings. The van der Waals surface area contributed by atoms with Gasteiger partial charge < -0.3 is 9.64 Å². The summed E-state index contributed by atoms with van der Waals surface area (Å²) in [6, 6.07) is 11.0. The normalized spacial score (nSPS) is 17.1. The molecule has 37 heavy (non-hydrogen) atoms. The first-order chi connectivity index (χ1) is 17.8. The van der Waals surface area contributed by atoms with Crippen LogP contribution in [0.1, 0.15) is 32.7 Å². The molecule has 3 heterocycles. The summed E-state index contributed by atoms with van der Waals surface area (Å²) >= 11 is 12.8. The molecule has 6 rings (SSSR count). The smallest absolute Gasteiger partial charge is 0.406 e. The van der Waals surface area contributed by atoms with Crippen LogP contribution >= 0.6 is 23.2 Å². The van der Waals surface area contributed by atoms with Crippen LogP contribution in [0.25, 0.3) is 22.0 Å². The highest BCUT2D eigenvalue weighted by Crippen LogP contribution is 2.42. The summed E-state index contributed by atoms with van der Waals surface area (Å²) in [6.07, 6.45) is 7.06. The number of rotatable bonds is 3. The van der Waals surface area contributed by atoms with E-state index in [0.717, 1.165) is 24.0 Å². The Balaban J connectivity index is 1.41. The minimum atomic E-state index is -0.627. The van der Waals surface area contributed by atoms with Crippen molar-refractivity contribution in [2.75, 3.05) is 16.3 Å². The highest BCUT2D eigenvalue weighted by Gasteiger charge is 2.35. The number of nitrogens with zero attached hydrogens (tertiary/aromatic N) is 5. The Morgan fingerprint density at radius 3 is 2.62 bits per heavy atom. The minimum absolute atomic E-state index is 0.105. The second-order valence-electron chi connectivity index (χ2n) is 9.43. The first-order valence-electron chi connectivity index (χ1n) is 12.0. The third kappa shape index (κ3) is 4.20. The maximum absolute atomic E-state index is 13.6. The van der Waals surface area contributed by atoms with Gasteiger partial charge in [0.25, 0.3) is 0 Å². The minimum Gasteiger partial charge on any atom is -0.406 e. The van der Waals surface area contributed by atoms with E-state index >= 15 is 0 Å². The van der Waals surface area contributed by atoms with E-state index in [2.05, 4.69) is 10.1 Å². The highest BCUT2D eigenvalue weighted by molar-refractivity contribution is 6.39. The number of benzene rings is 2. The van der Waals surface area contributed by atoms with Crippen LogP contribution in [-0.4, -0.2) is 39.4 Å². The number of aromatic nitrogens is 3. The summed E-state index contributed by atoms with van der Waals surface area (Å²) in [5.41, 5.74) is 3.42. The van der Waals surface area contributed by atoms with E-state index in [1.54, 1.807) is 23.2 Å². The first-order valence-corrected chi connectivity index (χ1v) is 12.8. The number of fused-ring (bicyclic) bond motifs is 2. The molecule has 1 fully saturated rings. The van der Waals surface area contributed by atoms with Gasteiger partial charge in [0.2, 0.25) is 5.91 Å². The van der Waals surface area contributed by atoms with Crippen molar-refractivity contribution in [1.29, 1.82) is 0 Å². The summed E-state index contributed by atoms with van der Waals surface area (Å²) in [7, 11) is 0. The fraction of sp³-hybridized carbons (Fsp3) is 0.259. The molecule has 0 saturated heterocycles. The van der Waals surface area contributed by atoms with Crippen molar-refractivity contribution in [3.8, 4) is 16.9 Å². The lowest BCUT2D eigenvalue weighted by Crippen LogP contribution is -2.52. The van der Waals surface area contributed by atoms with E-state index < -0.39 is 6.09 Å². The molecule has 2 aromatic heterocycles. The fourth-order valence-corrected chi connectivity index (χ4v) is 5.42. The summed E-state index contributed by atoms with van der Waals surface area (Å²) in [6.45, 7) is 3.66. The Kier molecular flexibility index (Phi) is 5.81. The van der Waals surface area contributed by atoms with Crippen LogP contribution in [0.3, 0.4) is 0 Å². The Hall–Kier alpha value is -3.62. The average Bonchev–Trinajstić information content (AvgIpc) is 3.61. The Labute approximate surface area is 223 Å². The summed E-state index contributed by atoms with van der Waals surface area (Å²) in [5.74, 6) is 0.0312. The standard InChI is InChI=1S/C27H23Cl2N5O3/c1-15-13-32(27(36)37-26-22(29)11-21(28)20-4-3-9-30-25(20)26)24-10-17(5-8-23(24)34(15)16(2)35)18-12-31-33(14-18)19-6-7-19/h3-5,8-12,14-15,19H,6-7,13H2,1-2H3/t15-/m0/s1. The van der Waals surface area contributed by atoms with E-state index in [1.807, 2.05) is 42.2 Å². The predicted octanol–water partition coefficient (Wildman–Crippen LogP) is 6.50. The largest absolute Gasteiger partial charge is 0.420 e. The Morgan fingerprint density at radius 1 is 1.05 bits per heavy atom. The third-order valence-corrected chi connectivity index (χ3v) is 7.36. The van der Waals surface area contributed by atoms with Crippen molar-refractivity contribution >= 4 is 57.5 Å². The number of carbonyl (C=O) groups is 2. The molecule has 8 nitrogen and oxygen atoms in total. The Bertz CT molecular complexity index is 1570. The zero-order valence-corrected chi connectivity index (χ0v) is 21.7. The molecule has 1 aliphatic carbocycles. The molecule has 0 radical (unpaired) electrons. The molecular weight excluding hydrogens is 513 g/mol. The van der Waals surface area contributed by atoms with Crippen LogP contribution in [0.15, 0.2) is 55.0 Å². The third-order valence-electron chi connectivity index (χ3n) is 6.77. The van der Waals surface area contributed by atoms with Crippen molar-refractivity contribution < 1.29 is 14.3 Å². The SMILES string of the molecule is CC(=O)N1c2ccc(-c3cnn(C4CC4)c3)cc2N(C(=O)Oc2c(Cl)cc(Cl)c3cccnc23)C[C@@H]1C. The fourth-order valence-electron chi connectivity index (χ4n) is 4.87. The molecule has 0 spiro atoms. The van der Waals surface area contributed by atoms with Gasteiger partial charge in [-0.25, -0.2) is 4.79 Å².